The van der Waals surface area contributed by atoms with Crippen molar-refractivity contribution >= 4 is 11.5 Å². The molecule has 0 aliphatic rings. The van der Waals surface area contributed by atoms with Crippen LogP contribution in [-0.2, 0) is 6.42 Å². The van der Waals surface area contributed by atoms with Crippen LogP contribution in [0.1, 0.15) is 21.5 Å². The lowest BCUT2D eigenvalue weighted by molar-refractivity contribution is 0.0904. The van der Waals surface area contributed by atoms with Gasteiger partial charge in [-0.3, -0.25) is 4.79 Å². The molecule has 0 aliphatic heterocycles. The first-order chi connectivity index (χ1) is 8.70. The van der Waals surface area contributed by atoms with E-state index in [1.165, 1.54) is 5.56 Å². The fourth-order valence-corrected chi connectivity index (χ4v) is 1.84. The number of anilines is 1. The van der Waals surface area contributed by atoms with E-state index in [2.05, 4.69) is 0 Å². The summed E-state index contributed by atoms with van der Waals surface area (Å²) in [5.41, 5.74) is 9.11. The fourth-order valence-electron chi connectivity index (χ4n) is 1.84. The first-order valence-corrected chi connectivity index (χ1v) is 5.77. The van der Waals surface area contributed by atoms with E-state index in [9.17, 15) is 4.79 Å². The highest BCUT2D eigenvalue weighted by Gasteiger charge is 2.07. The average molecular weight is 241 g/mol. The van der Waals surface area contributed by atoms with Gasteiger partial charge in [0.15, 0.2) is 5.78 Å². The molecule has 0 bridgehead atoms. The lowest BCUT2D eigenvalue weighted by Gasteiger charge is -2.07. The molecule has 0 amide bonds. The number of aliphatic hydroxyl groups is 1. The molecule has 18 heavy (non-hydrogen) atoms. The molecule has 0 fully saturated rings. The number of benzene rings is 2. The van der Waals surface area contributed by atoms with E-state index >= 15 is 0 Å². The van der Waals surface area contributed by atoms with Gasteiger partial charge in [0.2, 0.25) is 0 Å². The zero-order valence-electron chi connectivity index (χ0n) is 9.97. The van der Waals surface area contributed by atoms with E-state index in [1.54, 1.807) is 12.1 Å². The number of nitrogens with two attached hydrogens (primary N) is 1. The third-order valence-corrected chi connectivity index (χ3v) is 2.85. The molecule has 0 heterocycles. The molecular formula is C15H15NO2. The summed E-state index contributed by atoms with van der Waals surface area (Å²) in [5.74, 6) is -0.312. The molecule has 0 saturated carbocycles. The van der Waals surface area contributed by atoms with Crippen molar-refractivity contribution in [1.29, 1.82) is 0 Å². The summed E-state index contributed by atoms with van der Waals surface area (Å²) < 4.78 is 0. The predicted molar refractivity (Wildman–Crippen MR) is 71.5 cm³/mol. The second-order valence-corrected chi connectivity index (χ2v) is 4.16. The Balaban J connectivity index is 2.23. The summed E-state index contributed by atoms with van der Waals surface area (Å²) in [7, 11) is 0. The molecule has 0 radical (unpaired) electrons. The van der Waals surface area contributed by atoms with Crippen molar-refractivity contribution in [2.24, 2.45) is 0 Å². The van der Waals surface area contributed by atoms with Gasteiger partial charge in [-0.1, -0.05) is 42.5 Å². The molecule has 2 rings (SSSR count). The highest BCUT2D eigenvalue weighted by molar-refractivity contribution is 5.97. The molecule has 0 aromatic heterocycles. The van der Waals surface area contributed by atoms with E-state index < -0.39 is 6.61 Å². The predicted octanol–water partition coefficient (Wildman–Crippen LogP) is 2.03. The highest BCUT2D eigenvalue weighted by atomic mass is 16.3. The third kappa shape index (κ3) is 2.76. The van der Waals surface area contributed by atoms with Crippen LogP contribution in [0.25, 0.3) is 0 Å². The fraction of sp³-hybridized carbons (Fsp3) is 0.133. The van der Waals surface area contributed by atoms with Gasteiger partial charge in [0.1, 0.15) is 6.61 Å². The summed E-state index contributed by atoms with van der Waals surface area (Å²) in [6, 6.07) is 15.2. The molecule has 0 aliphatic carbocycles. The van der Waals surface area contributed by atoms with Crippen molar-refractivity contribution in [3.05, 3.63) is 65.2 Å². The molecule has 3 nitrogen and oxygen atoms in total. The van der Waals surface area contributed by atoms with Crippen molar-refractivity contribution in [2.45, 2.75) is 6.42 Å². The van der Waals surface area contributed by atoms with Gasteiger partial charge in [-0.05, 0) is 23.6 Å². The van der Waals surface area contributed by atoms with E-state index in [0.29, 0.717) is 11.3 Å². The lowest BCUT2D eigenvalue weighted by Crippen LogP contribution is -2.06. The largest absolute Gasteiger partial charge is 0.398 e. The van der Waals surface area contributed by atoms with Gasteiger partial charge in [0.25, 0.3) is 0 Å². The van der Waals surface area contributed by atoms with Gasteiger partial charge in [-0.2, -0.15) is 0 Å². The van der Waals surface area contributed by atoms with Crippen LogP contribution in [0.5, 0.6) is 0 Å². The Morgan fingerprint density at radius 3 is 2.44 bits per heavy atom. The number of carbonyl (C=O) groups excluding carboxylic acids is 1. The lowest BCUT2D eigenvalue weighted by atomic mass is 10.0. The molecule has 0 atom stereocenters. The van der Waals surface area contributed by atoms with Crippen LogP contribution < -0.4 is 5.73 Å². The van der Waals surface area contributed by atoms with Crippen LogP contribution in [-0.4, -0.2) is 17.5 Å². The number of hydrogen-bond donors (Lipinski definition) is 2. The van der Waals surface area contributed by atoms with Gasteiger partial charge in [0.05, 0.1) is 0 Å². The number of hydrogen-bond acceptors (Lipinski definition) is 3. The summed E-state index contributed by atoms with van der Waals surface area (Å²) in [5, 5.41) is 8.79. The maximum atomic E-state index is 11.3. The molecule has 2 aromatic rings. The first-order valence-electron chi connectivity index (χ1n) is 5.77. The van der Waals surface area contributed by atoms with Crippen molar-refractivity contribution < 1.29 is 9.90 Å². The van der Waals surface area contributed by atoms with Crippen molar-refractivity contribution in [2.75, 3.05) is 12.3 Å². The molecule has 3 heteroatoms. The number of rotatable bonds is 4. The maximum Gasteiger partial charge on any atom is 0.188 e. The van der Waals surface area contributed by atoms with Crippen molar-refractivity contribution in [3.8, 4) is 0 Å². The van der Waals surface area contributed by atoms with Crippen LogP contribution in [0.15, 0.2) is 48.5 Å². The summed E-state index contributed by atoms with van der Waals surface area (Å²) in [6.07, 6.45) is 0.736. The van der Waals surface area contributed by atoms with E-state index in [-0.39, 0.29) is 5.78 Å². The minimum absolute atomic E-state index is 0.312. The molecule has 92 valence electrons. The standard InChI is InChI=1S/C15H15NO2/c16-14-9-13(15(18)10-17)7-6-12(14)8-11-4-2-1-3-5-11/h1-7,9,17H,8,10,16H2. The Bertz CT molecular complexity index is 550. The SMILES string of the molecule is Nc1cc(C(=O)CO)ccc1Cc1ccccc1. The minimum atomic E-state index is -0.489. The van der Waals surface area contributed by atoms with Crippen molar-refractivity contribution in [3.63, 3.8) is 0 Å². The smallest absolute Gasteiger partial charge is 0.188 e. The topological polar surface area (TPSA) is 63.3 Å². The van der Waals surface area contributed by atoms with E-state index in [1.807, 2.05) is 36.4 Å². The summed E-state index contributed by atoms with van der Waals surface area (Å²) in [6.45, 7) is -0.489. The highest BCUT2D eigenvalue weighted by Crippen LogP contribution is 2.18. The van der Waals surface area contributed by atoms with Gasteiger partial charge < -0.3 is 10.8 Å². The van der Waals surface area contributed by atoms with Crippen molar-refractivity contribution in [1.82, 2.24) is 0 Å². The Morgan fingerprint density at radius 2 is 1.83 bits per heavy atom. The number of Topliss-reactive ketones (excluding diaryl/α,β-unsaturated/α-hetero) is 1. The molecule has 0 unspecified atom stereocenters. The third-order valence-electron chi connectivity index (χ3n) is 2.85. The van der Waals surface area contributed by atoms with E-state index in [0.717, 1.165) is 12.0 Å². The molecule has 3 N–H and O–H groups in total. The van der Waals surface area contributed by atoms with Gasteiger partial charge in [-0.15, -0.1) is 0 Å². The summed E-state index contributed by atoms with van der Waals surface area (Å²) >= 11 is 0. The number of carbonyl (C=O) groups is 1. The van der Waals surface area contributed by atoms with Crippen LogP contribution in [0, 0.1) is 0 Å². The maximum absolute atomic E-state index is 11.3. The quantitative estimate of drug-likeness (QED) is 0.636. The van der Waals surface area contributed by atoms with Crippen LogP contribution in [0.3, 0.4) is 0 Å². The minimum Gasteiger partial charge on any atom is -0.398 e. The Labute approximate surface area is 106 Å². The van der Waals surface area contributed by atoms with Crippen LogP contribution in [0.4, 0.5) is 5.69 Å². The Morgan fingerprint density at radius 1 is 1.11 bits per heavy atom. The summed E-state index contributed by atoms with van der Waals surface area (Å²) in [4.78, 5) is 11.3. The number of ketones is 1. The second-order valence-electron chi connectivity index (χ2n) is 4.16. The average Bonchev–Trinajstić information content (AvgIpc) is 2.41. The van der Waals surface area contributed by atoms with E-state index in [4.69, 9.17) is 10.8 Å². The molecule has 0 saturated heterocycles. The molecular weight excluding hydrogens is 226 g/mol. The van der Waals surface area contributed by atoms with Crippen LogP contribution >= 0.6 is 0 Å². The molecule has 0 spiro atoms. The van der Waals surface area contributed by atoms with Crippen LogP contribution in [0.2, 0.25) is 0 Å². The zero-order valence-corrected chi connectivity index (χ0v) is 9.97. The van der Waals surface area contributed by atoms with Gasteiger partial charge in [0, 0.05) is 11.3 Å². The monoisotopic (exact) mass is 241 g/mol. The normalized spacial score (nSPS) is 10.3. The van der Waals surface area contributed by atoms with Gasteiger partial charge >= 0.3 is 0 Å². The molecule has 2 aromatic carbocycles. The number of nitrogen functional groups attached to an aromatic ring is 1. The Hall–Kier alpha value is -2.13. The van der Waals surface area contributed by atoms with Gasteiger partial charge in [-0.25, -0.2) is 0 Å². The Kier molecular flexibility index (Phi) is 3.75. The first kappa shape index (κ1) is 12.3. The number of aliphatic hydroxyl groups excluding tert-OH is 1. The second kappa shape index (κ2) is 5.47. The zero-order chi connectivity index (χ0) is 13.0.